The molecule has 0 spiro atoms. The molecule has 0 aliphatic heterocycles. The third-order valence-electron chi connectivity index (χ3n) is 3.40. The number of hydrogen-bond donors (Lipinski definition) is 1. The van der Waals surface area contributed by atoms with Crippen molar-refractivity contribution >= 4 is 28.2 Å². The van der Waals surface area contributed by atoms with E-state index in [9.17, 15) is 9.90 Å². The van der Waals surface area contributed by atoms with Crippen LogP contribution in [0.4, 0.5) is 0 Å². The van der Waals surface area contributed by atoms with E-state index >= 15 is 0 Å². The Kier molecular flexibility index (Phi) is 3.06. The minimum atomic E-state index is -0.911. The van der Waals surface area contributed by atoms with Crippen LogP contribution in [-0.2, 0) is 6.54 Å². The Morgan fingerprint density at radius 2 is 2.10 bits per heavy atom. The van der Waals surface area contributed by atoms with Gasteiger partial charge in [0.15, 0.2) is 0 Å². The molecule has 0 radical (unpaired) electrons. The molecule has 4 nitrogen and oxygen atoms in total. The van der Waals surface area contributed by atoms with E-state index < -0.39 is 5.97 Å². The lowest BCUT2D eigenvalue weighted by atomic mass is 10.2. The van der Waals surface area contributed by atoms with Crippen molar-refractivity contribution in [1.29, 1.82) is 0 Å². The number of benzene rings is 1. The SMILES string of the molecule is Cc1nc(Cn2c(C(=O)O)cc3ccccc32)sc1C. The average Bonchev–Trinajstić information content (AvgIpc) is 2.92. The van der Waals surface area contributed by atoms with Gasteiger partial charge in [0, 0.05) is 15.8 Å². The van der Waals surface area contributed by atoms with Gasteiger partial charge in [0.2, 0.25) is 0 Å². The van der Waals surface area contributed by atoms with E-state index in [1.807, 2.05) is 42.7 Å². The Hall–Kier alpha value is -2.14. The molecular weight excluding hydrogens is 272 g/mol. The molecule has 102 valence electrons. The van der Waals surface area contributed by atoms with Crippen LogP contribution in [0.3, 0.4) is 0 Å². The van der Waals surface area contributed by atoms with E-state index in [-0.39, 0.29) is 0 Å². The molecule has 1 N–H and O–H groups in total. The van der Waals surface area contributed by atoms with Gasteiger partial charge in [-0.3, -0.25) is 0 Å². The standard InChI is InChI=1S/C15H14N2O2S/c1-9-10(2)20-14(16-9)8-17-12-6-4-3-5-11(12)7-13(17)15(18)19/h3-7H,8H2,1-2H3,(H,18,19). The van der Waals surface area contributed by atoms with Gasteiger partial charge in [-0.25, -0.2) is 9.78 Å². The van der Waals surface area contributed by atoms with Gasteiger partial charge >= 0.3 is 5.97 Å². The molecule has 0 aliphatic carbocycles. The maximum absolute atomic E-state index is 11.4. The van der Waals surface area contributed by atoms with E-state index in [0.29, 0.717) is 12.2 Å². The number of para-hydroxylation sites is 1. The van der Waals surface area contributed by atoms with Crippen LogP contribution in [0.25, 0.3) is 10.9 Å². The van der Waals surface area contributed by atoms with Crippen molar-refractivity contribution in [2.75, 3.05) is 0 Å². The number of thiazole rings is 1. The Labute approximate surface area is 120 Å². The summed E-state index contributed by atoms with van der Waals surface area (Å²) in [7, 11) is 0. The lowest BCUT2D eigenvalue weighted by Crippen LogP contribution is -2.09. The Morgan fingerprint density at radius 3 is 2.75 bits per heavy atom. The molecule has 0 saturated heterocycles. The normalized spacial score (nSPS) is 11.1. The summed E-state index contributed by atoms with van der Waals surface area (Å²) < 4.78 is 1.81. The molecule has 5 heteroatoms. The smallest absolute Gasteiger partial charge is 0.352 e. The number of aryl methyl sites for hydroxylation is 2. The van der Waals surface area contributed by atoms with Gasteiger partial charge in [-0.2, -0.15) is 0 Å². The van der Waals surface area contributed by atoms with E-state index in [4.69, 9.17) is 0 Å². The quantitative estimate of drug-likeness (QED) is 0.802. The van der Waals surface area contributed by atoms with Crippen molar-refractivity contribution in [3.63, 3.8) is 0 Å². The molecule has 2 aromatic heterocycles. The highest BCUT2D eigenvalue weighted by atomic mass is 32.1. The highest BCUT2D eigenvalue weighted by Gasteiger charge is 2.16. The molecule has 3 rings (SSSR count). The summed E-state index contributed by atoms with van der Waals surface area (Å²) in [5.41, 5.74) is 2.24. The van der Waals surface area contributed by atoms with Gasteiger partial charge in [-0.05, 0) is 26.0 Å². The number of aromatic carboxylic acids is 1. The third-order valence-corrected chi connectivity index (χ3v) is 4.45. The first-order chi connectivity index (χ1) is 9.56. The van der Waals surface area contributed by atoms with Crippen LogP contribution in [-0.4, -0.2) is 20.6 Å². The lowest BCUT2D eigenvalue weighted by molar-refractivity contribution is 0.0686. The van der Waals surface area contributed by atoms with Crippen LogP contribution in [0.1, 0.15) is 26.1 Å². The van der Waals surface area contributed by atoms with Gasteiger partial charge in [-0.15, -0.1) is 11.3 Å². The van der Waals surface area contributed by atoms with Crippen LogP contribution in [0.2, 0.25) is 0 Å². The van der Waals surface area contributed by atoms with Crippen molar-refractivity contribution in [3.8, 4) is 0 Å². The van der Waals surface area contributed by atoms with E-state index in [0.717, 1.165) is 21.6 Å². The fraction of sp³-hybridized carbons (Fsp3) is 0.200. The number of rotatable bonds is 3. The fourth-order valence-corrected chi connectivity index (χ4v) is 3.22. The van der Waals surface area contributed by atoms with Crippen LogP contribution in [0.15, 0.2) is 30.3 Å². The minimum absolute atomic E-state index is 0.303. The molecule has 0 amide bonds. The number of nitrogens with zero attached hydrogens (tertiary/aromatic N) is 2. The molecule has 0 unspecified atom stereocenters. The van der Waals surface area contributed by atoms with Crippen molar-refractivity contribution in [2.24, 2.45) is 0 Å². The summed E-state index contributed by atoms with van der Waals surface area (Å²) in [6.45, 7) is 4.50. The van der Waals surface area contributed by atoms with E-state index in [1.54, 1.807) is 17.4 Å². The molecule has 0 fully saturated rings. The topological polar surface area (TPSA) is 55.1 Å². The highest BCUT2D eigenvalue weighted by Crippen LogP contribution is 2.24. The summed E-state index contributed by atoms with van der Waals surface area (Å²) in [6.07, 6.45) is 0. The number of carbonyl (C=O) groups is 1. The number of carboxylic acid groups (broad SMARTS) is 1. The van der Waals surface area contributed by atoms with Gasteiger partial charge in [-0.1, -0.05) is 18.2 Å². The summed E-state index contributed by atoms with van der Waals surface area (Å²) in [5.74, 6) is -0.911. The number of aromatic nitrogens is 2. The summed E-state index contributed by atoms with van der Waals surface area (Å²) in [5, 5.41) is 11.2. The molecule has 0 saturated carbocycles. The number of hydrogen-bond acceptors (Lipinski definition) is 3. The fourth-order valence-electron chi connectivity index (χ4n) is 2.30. The van der Waals surface area contributed by atoms with Crippen LogP contribution < -0.4 is 0 Å². The molecular formula is C15H14N2O2S. The van der Waals surface area contributed by atoms with Crippen LogP contribution in [0.5, 0.6) is 0 Å². The predicted octanol–water partition coefficient (Wildman–Crippen LogP) is 3.46. The maximum atomic E-state index is 11.4. The van der Waals surface area contributed by atoms with E-state index in [2.05, 4.69) is 4.98 Å². The largest absolute Gasteiger partial charge is 0.477 e. The van der Waals surface area contributed by atoms with Gasteiger partial charge in [0.1, 0.15) is 10.7 Å². The molecule has 1 aromatic carbocycles. The number of fused-ring (bicyclic) bond motifs is 1. The predicted molar refractivity (Wildman–Crippen MR) is 79.6 cm³/mol. The zero-order valence-electron chi connectivity index (χ0n) is 11.3. The molecule has 3 aromatic rings. The summed E-state index contributed by atoms with van der Waals surface area (Å²) in [4.78, 5) is 17.1. The van der Waals surface area contributed by atoms with Crippen molar-refractivity contribution in [3.05, 3.63) is 51.6 Å². The first-order valence-corrected chi connectivity index (χ1v) is 7.12. The molecule has 0 bridgehead atoms. The second-order valence-corrected chi connectivity index (χ2v) is 6.02. The highest BCUT2D eigenvalue weighted by molar-refractivity contribution is 7.11. The molecule has 0 aliphatic rings. The van der Waals surface area contributed by atoms with Crippen LogP contribution >= 0.6 is 11.3 Å². The van der Waals surface area contributed by atoms with Crippen molar-refractivity contribution in [1.82, 2.24) is 9.55 Å². The van der Waals surface area contributed by atoms with Crippen LogP contribution in [0, 0.1) is 13.8 Å². The number of carboxylic acids is 1. The summed E-state index contributed by atoms with van der Waals surface area (Å²) in [6, 6.07) is 9.41. The second-order valence-electron chi connectivity index (χ2n) is 4.73. The van der Waals surface area contributed by atoms with Gasteiger partial charge < -0.3 is 9.67 Å². The Balaban J connectivity index is 2.13. The monoisotopic (exact) mass is 286 g/mol. The van der Waals surface area contributed by atoms with E-state index in [1.165, 1.54) is 4.88 Å². The Morgan fingerprint density at radius 1 is 1.35 bits per heavy atom. The zero-order chi connectivity index (χ0) is 14.3. The summed E-state index contributed by atoms with van der Waals surface area (Å²) >= 11 is 1.62. The van der Waals surface area contributed by atoms with Crippen molar-refractivity contribution in [2.45, 2.75) is 20.4 Å². The Bertz CT molecular complexity index is 782. The van der Waals surface area contributed by atoms with Gasteiger partial charge in [0.05, 0.1) is 12.2 Å². The molecule has 0 atom stereocenters. The molecule has 2 heterocycles. The first kappa shape index (κ1) is 12.9. The zero-order valence-corrected chi connectivity index (χ0v) is 12.1. The van der Waals surface area contributed by atoms with Gasteiger partial charge in [0.25, 0.3) is 0 Å². The first-order valence-electron chi connectivity index (χ1n) is 6.30. The molecule has 20 heavy (non-hydrogen) atoms. The lowest BCUT2D eigenvalue weighted by Gasteiger charge is -2.05. The second kappa shape index (κ2) is 4.76. The minimum Gasteiger partial charge on any atom is -0.477 e. The van der Waals surface area contributed by atoms with Crippen molar-refractivity contribution < 1.29 is 9.90 Å². The maximum Gasteiger partial charge on any atom is 0.352 e. The third kappa shape index (κ3) is 2.10. The average molecular weight is 286 g/mol.